The summed E-state index contributed by atoms with van der Waals surface area (Å²) in [7, 11) is 1.66. The second-order valence-corrected chi connectivity index (χ2v) is 3.68. The van der Waals surface area contributed by atoms with Crippen LogP contribution in [0.15, 0.2) is 24.3 Å². The lowest BCUT2D eigenvalue weighted by Crippen LogP contribution is -2.25. The van der Waals surface area contributed by atoms with Gasteiger partial charge in [0.25, 0.3) is 0 Å². The van der Waals surface area contributed by atoms with Crippen molar-refractivity contribution in [3.63, 3.8) is 0 Å². The van der Waals surface area contributed by atoms with Crippen LogP contribution in [0.25, 0.3) is 0 Å². The molecule has 0 heterocycles. The average Bonchev–Trinajstić information content (AvgIpc) is 2.35. The Bertz CT molecular complexity index is 317. The number of para-hydroxylation sites is 1. The van der Waals surface area contributed by atoms with Gasteiger partial charge in [-0.3, -0.25) is 0 Å². The molecular formula is C13H21NO3. The highest BCUT2D eigenvalue weighted by molar-refractivity contribution is 5.35. The lowest BCUT2D eigenvalue weighted by molar-refractivity contribution is 0.157. The van der Waals surface area contributed by atoms with Gasteiger partial charge in [-0.05, 0) is 13.0 Å². The van der Waals surface area contributed by atoms with Crippen LogP contribution >= 0.6 is 0 Å². The molecule has 0 bridgehead atoms. The minimum absolute atomic E-state index is 0.493. The van der Waals surface area contributed by atoms with Gasteiger partial charge in [0, 0.05) is 25.8 Å². The third-order valence-electron chi connectivity index (χ3n) is 2.40. The summed E-state index contributed by atoms with van der Waals surface area (Å²) in [6.07, 6.45) is -0.561. The van der Waals surface area contributed by atoms with E-state index in [1.54, 1.807) is 7.11 Å². The highest BCUT2D eigenvalue weighted by atomic mass is 16.5. The number of nitrogens with one attached hydrogen (secondary N) is 1. The van der Waals surface area contributed by atoms with Gasteiger partial charge in [0.05, 0.1) is 19.3 Å². The molecule has 1 atom stereocenters. The predicted octanol–water partition coefficient (Wildman–Crippen LogP) is 1.35. The molecule has 4 heteroatoms. The summed E-state index contributed by atoms with van der Waals surface area (Å²) in [4.78, 5) is 0. The van der Waals surface area contributed by atoms with Crippen LogP contribution in [-0.4, -0.2) is 38.5 Å². The van der Waals surface area contributed by atoms with Gasteiger partial charge in [-0.1, -0.05) is 18.2 Å². The van der Waals surface area contributed by atoms with Crippen LogP contribution in [0.5, 0.6) is 5.75 Å². The smallest absolute Gasteiger partial charge is 0.125 e. The Morgan fingerprint density at radius 1 is 1.35 bits per heavy atom. The molecule has 2 N–H and O–H groups in total. The summed E-state index contributed by atoms with van der Waals surface area (Å²) in [5.74, 6) is 0.746. The van der Waals surface area contributed by atoms with Gasteiger partial charge in [0.1, 0.15) is 5.75 Å². The summed E-state index contributed by atoms with van der Waals surface area (Å²) in [6.45, 7) is 4.39. The van der Waals surface area contributed by atoms with Crippen molar-refractivity contribution in [2.24, 2.45) is 0 Å². The van der Waals surface area contributed by atoms with E-state index in [4.69, 9.17) is 9.47 Å². The zero-order chi connectivity index (χ0) is 12.5. The minimum atomic E-state index is -0.561. The van der Waals surface area contributed by atoms with Crippen molar-refractivity contribution < 1.29 is 14.6 Å². The minimum Gasteiger partial charge on any atom is -0.493 e. The number of ether oxygens (including phenoxy) is 2. The largest absolute Gasteiger partial charge is 0.493 e. The average molecular weight is 239 g/mol. The SMILES string of the molecule is CCOc1ccccc1C(O)CNCCOC. The van der Waals surface area contributed by atoms with Crippen LogP contribution < -0.4 is 10.1 Å². The molecule has 0 aliphatic heterocycles. The van der Waals surface area contributed by atoms with Crippen molar-refractivity contribution in [2.45, 2.75) is 13.0 Å². The Morgan fingerprint density at radius 3 is 2.82 bits per heavy atom. The third-order valence-corrected chi connectivity index (χ3v) is 2.40. The first kappa shape index (κ1) is 14.0. The molecule has 1 unspecified atom stereocenters. The zero-order valence-electron chi connectivity index (χ0n) is 10.5. The Hall–Kier alpha value is -1.10. The summed E-state index contributed by atoms with van der Waals surface area (Å²) in [5.41, 5.74) is 0.819. The van der Waals surface area contributed by atoms with Crippen molar-refractivity contribution in [2.75, 3.05) is 33.4 Å². The second kappa shape index (κ2) is 8.06. The highest BCUT2D eigenvalue weighted by Crippen LogP contribution is 2.24. The first-order valence-corrected chi connectivity index (χ1v) is 5.89. The number of hydrogen-bond acceptors (Lipinski definition) is 4. The van der Waals surface area contributed by atoms with Crippen LogP contribution in [0.1, 0.15) is 18.6 Å². The topological polar surface area (TPSA) is 50.7 Å². The summed E-state index contributed by atoms with van der Waals surface area (Å²) in [6, 6.07) is 7.56. The molecule has 96 valence electrons. The monoisotopic (exact) mass is 239 g/mol. The molecule has 0 aromatic heterocycles. The molecule has 0 aliphatic rings. The van der Waals surface area contributed by atoms with Gasteiger partial charge >= 0.3 is 0 Å². The quantitative estimate of drug-likeness (QED) is 0.672. The number of aliphatic hydroxyl groups excluding tert-OH is 1. The lowest BCUT2D eigenvalue weighted by Gasteiger charge is -2.16. The third kappa shape index (κ3) is 4.73. The first-order valence-electron chi connectivity index (χ1n) is 5.89. The van der Waals surface area contributed by atoms with E-state index in [9.17, 15) is 5.11 Å². The molecule has 17 heavy (non-hydrogen) atoms. The molecule has 1 aromatic rings. The van der Waals surface area contributed by atoms with Crippen LogP contribution in [0, 0.1) is 0 Å². The summed E-state index contributed by atoms with van der Waals surface area (Å²) in [5, 5.41) is 13.2. The number of hydrogen-bond donors (Lipinski definition) is 2. The fraction of sp³-hybridized carbons (Fsp3) is 0.538. The lowest BCUT2D eigenvalue weighted by atomic mass is 10.1. The van der Waals surface area contributed by atoms with Crippen molar-refractivity contribution in [1.82, 2.24) is 5.32 Å². The molecular weight excluding hydrogens is 218 g/mol. The molecule has 1 aromatic carbocycles. The van der Waals surface area contributed by atoms with Crippen molar-refractivity contribution in [1.29, 1.82) is 0 Å². The normalized spacial score (nSPS) is 12.4. The van der Waals surface area contributed by atoms with E-state index in [0.29, 0.717) is 19.8 Å². The molecule has 4 nitrogen and oxygen atoms in total. The summed E-state index contributed by atoms with van der Waals surface area (Å²) < 4.78 is 10.4. The van der Waals surface area contributed by atoms with E-state index < -0.39 is 6.10 Å². The van der Waals surface area contributed by atoms with Crippen molar-refractivity contribution >= 4 is 0 Å². The molecule has 0 aliphatic carbocycles. The molecule has 0 spiro atoms. The van der Waals surface area contributed by atoms with E-state index in [0.717, 1.165) is 17.9 Å². The Balaban J connectivity index is 2.52. The highest BCUT2D eigenvalue weighted by Gasteiger charge is 2.12. The molecule has 0 saturated heterocycles. The Morgan fingerprint density at radius 2 is 2.12 bits per heavy atom. The molecule has 0 fully saturated rings. The van der Waals surface area contributed by atoms with Crippen LogP contribution in [0.2, 0.25) is 0 Å². The second-order valence-electron chi connectivity index (χ2n) is 3.68. The maximum atomic E-state index is 10.0. The van der Waals surface area contributed by atoms with Gasteiger partial charge < -0.3 is 19.9 Å². The molecule has 0 radical (unpaired) electrons. The van der Waals surface area contributed by atoms with Crippen molar-refractivity contribution in [3.05, 3.63) is 29.8 Å². The fourth-order valence-electron chi connectivity index (χ4n) is 1.57. The van der Waals surface area contributed by atoms with Gasteiger partial charge in [-0.2, -0.15) is 0 Å². The molecule has 1 rings (SSSR count). The fourth-order valence-corrected chi connectivity index (χ4v) is 1.57. The van der Waals surface area contributed by atoms with Crippen LogP contribution in [-0.2, 0) is 4.74 Å². The number of benzene rings is 1. The van der Waals surface area contributed by atoms with E-state index >= 15 is 0 Å². The van der Waals surface area contributed by atoms with Gasteiger partial charge in [-0.25, -0.2) is 0 Å². The number of rotatable bonds is 8. The Labute approximate surface area is 103 Å². The summed E-state index contributed by atoms with van der Waals surface area (Å²) >= 11 is 0. The van der Waals surface area contributed by atoms with E-state index in [1.165, 1.54) is 0 Å². The number of methoxy groups -OCH3 is 1. The maximum absolute atomic E-state index is 10.0. The predicted molar refractivity (Wildman–Crippen MR) is 67.3 cm³/mol. The van der Waals surface area contributed by atoms with E-state index in [-0.39, 0.29) is 0 Å². The van der Waals surface area contributed by atoms with E-state index in [2.05, 4.69) is 5.32 Å². The first-order chi connectivity index (χ1) is 8.29. The Kier molecular flexibility index (Phi) is 6.62. The van der Waals surface area contributed by atoms with Crippen LogP contribution in [0.3, 0.4) is 0 Å². The maximum Gasteiger partial charge on any atom is 0.125 e. The van der Waals surface area contributed by atoms with Gasteiger partial charge in [-0.15, -0.1) is 0 Å². The van der Waals surface area contributed by atoms with Crippen LogP contribution in [0.4, 0.5) is 0 Å². The molecule has 0 amide bonds. The van der Waals surface area contributed by atoms with Crippen molar-refractivity contribution in [3.8, 4) is 5.75 Å². The van der Waals surface area contributed by atoms with Gasteiger partial charge in [0.2, 0.25) is 0 Å². The number of aliphatic hydroxyl groups is 1. The van der Waals surface area contributed by atoms with Gasteiger partial charge in [0.15, 0.2) is 0 Å². The molecule has 0 saturated carbocycles. The zero-order valence-corrected chi connectivity index (χ0v) is 10.5. The standard InChI is InChI=1S/C13H21NO3/c1-3-17-13-7-5-4-6-11(13)12(15)10-14-8-9-16-2/h4-7,12,14-15H,3,8-10H2,1-2H3. The van der Waals surface area contributed by atoms with E-state index in [1.807, 2.05) is 31.2 Å².